The van der Waals surface area contributed by atoms with Crippen LogP contribution in [-0.2, 0) is 0 Å². The van der Waals surface area contributed by atoms with Crippen LogP contribution in [-0.4, -0.2) is 10.8 Å². The zero-order valence-corrected chi connectivity index (χ0v) is 10.7. The van der Waals surface area contributed by atoms with E-state index in [9.17, 15) is 4.79 Å². The van der Waals surface area contributed by atoms with E-state index in [1.807, 2.05) is 25.1 Å². The first-order valence-corrected chi connectivity index (χ1v) is 5.78. The van der Waals surface area contributed by atoms with Gasteiger partial charge in [0.2, 0.25) is 5.88 Å². The fourth-order valence-corrected chi connectivity index (χ4v) is 1.55. The maximum atomic E-state index is 11.1. The second kappa shape index (κ2) is 5.00. The van der Waals surface area contributed by atoms with Crippen molar-refractivity contribution in [1.82, 2.24) is 4.98 Å². The number of carbonyl (C=O) groups is 1. The third kappa shape index (κ3) is 2.74. The van der Waals surface area contributed by atoms with Gasteiger partial charge in [0.25, 0.3) is 0 Å². The van der Waals surface area contributed by atoms with Gasteiger partial charge in [-0.2, -0.15) is 0 Å². The van der Waals surface area contributed by atoms with Gasteiger partial charge in [-0.25, -0.2) is 4.98 Å². The lowest BCUT2D eigenvalue weighted by molar-refractivity contribution is 0.101. The van der Waals surface area contributed by atoms with Gasteiger partial charge in [0.05, 0.1) is 0 Å². The zero-order chi connectivity index (χ0) is 13.1. The normalized spacial score (nSPS) is 10.2. The highest BCUT2D eigenvalue weighted by Crippen LogP contribution is 2.22. The SMILES string of the molecule is CC(=O)c1ccc(Oc2ccc(C)c(C)c2)nc1. The highest BCUT2D eigenvalue weighted by atomic mass is 16.5. The molecule has 0 saturated heterocycles. The molecule has 92 valence electrons. The van der Waals surface area contributed by atoms with E-state index in [4.69, 9.17) is 4.74 Å². The average Bonchev–Trinajstić information content (AvgIpc) is 2.34. The summed E-state index contributed by atoms with van der Waals surface area (Å²) in [5.41, 5.74) is 2.98. The lowest BCUT2D eigenvalue weighted by Gasteiger charge is -2.07. The van der Waals surface area contributed by atoms with E-state index >= 15 is 0 Å². The number of rotatable bonds is 3. The van der Waals surface area contributed by atoms with E-state index < -0.39 is 0 Å². The van der Waals surface area contributed by atoms with Crippen LogP contribution in [0.1, 0.15) is 28.4 Å². The Morgan fingerprint density at radius 1 is 1.11 bits per heavy atom. The molecule has 3 heteroatoms. The van der Waals surface area contributed by atoms with Gasteiger partial charge in [0, 0.05) is 17.8 Å². The van der Waals surface area contributed by atoms with Gasteiger partial charge in [0.15, 0.2) is 5.78 Å². The molecule has 0 unspecified atom stereocenters. The molecule has 0 saturated carbocycles. The Kier molecular flexibility index (Phi) is 3.42. The van der Waals surface area contributed by atoms with Crippen LogP contribution in [0, 0.1) is 13.8 Å². The Morgan fingerprint density at radius 3 is 2.44 bits per heavy atom. The van der Waals surface area contributed by atoms with Crippen LogP contribution in [0.15, 0.2) is 36.5 Å². The van der Waals surface area contributed by atoms with E-state index in [0.717, 1.165) is 5.75 Å². The summed E-state index contributed by atoms with van der Waals surface area (Å²) in [6, 6.07) is 9.30. The van der Waals surface area contributed by atoms with Crippen LogP contribution >= 0.6 is 0 Å². The lowest BCUT2D eigenvalue weighted by Crippen LogP contribution is -1.94. The zero-order valence-electron chi connectivity index (χ0n) is 10.7. The molecule has 0 amide bonds. The summed E-state index contributed by atoms with van der Waals surface area (Å²) in [5.74, 6) is 1.24. The van der Waals surface area contributed by atoms with Gasteiger partial charge in [-0.3, -0.25) is 4.79 Å². The number of ether oxygens (including phenoxy) is 1. The second-order valence-electron chi connectivity index (χ2n) is 4.29. The third-order valence-corrected chi connectivity index (χ3v) is 2.84. The number of hydrogen-bond donors (Lipinski definition) is 0. The van der Waals surface area contributed by atoms with E-state index in [0.29, 0.717) is 11.4 Å². The fourth-order valence-electron chi connectivity index (χ4n) is 1.55. The van der Waals surface area contributed by atoms with E-state index in [-0.39, 0.29) is 5.78 Å². The summed E-state index contributed by atoms with van der Waals surface area (Å²) in [6.07, 6.45) is 1.53. The van der Waals surface area contributed by atoms with E-state index in [1.54, 1.807) is 12.1 Å². The van der Waals surface area contributed by atoms with Crippen molar-refractivity contribution in [3.8, 4) is 11.6 Å². The van der Waals surface area contributed by atoms with Crippen LogP contribution in [0.3, 0.4) is 0 Å². The van der Waals surface area contributed by atoms with Crippen molar-refractivity contribution in [3.63, 3.8) is 0 Å². The summed E-state index contributed by atoms with van der Waals surface area (Å²) < 4.78 is 5.63. The highest BCUT2D eigenvalue weighted by Gasteiger charge is 2.03. The number of Topliss-reactive ketones (excluding diaryl/α,β-unsaturated/α-hetero) is 1. The fraction of sp³-hybridized carbons (Fsp3) is 0.200. The highest BCUT2D eigenvalue weighted by molar-refractivity contribution is 5.93. The van der Waals surface area contributed by atoms with Gasteiger partial charge < -0.3 is 4.74 Å². The first-order valence-electron chi connectivity index (χ1n) is 5.78. The average molecular weight is 241 g/mol. The Hall–Kier alpha value is -2.16. The monoisotopic (exact) mass is 241 g/mol. The number of aromatic nitrogens is 1. The minimum absolute atomic E-state index is 0.000213. The smallest absolute Gasteiger partial charge is 0.219 e. The topological polar surface area (TPSA) is 39.2 Å². The molecular weight excluding hydrogens is 226 g/mol. The van der Waals surface area contributed by atoms with Crippen molar-refractivity contribution in [1.29, 1.82) is 0 Å². The predicted octanol–water partition coefficient (Wildman–Crippen LogP) is 3.69. The minimum Gasteiger partial charge on any atom is -0.439 e. The Bertz CT molecular complexity index is 574. The van der Waals surface area contributed by atoms with Gasteiger partial charge in [-0.15, -0.1) is 0 Å². The molecule has 0 aliphatic carbocycles. The summed E-state index contributed by atoms with van der Waals surface area (Å²) in [6.45, 7) is 5.61. The molecule has 2 aromatic rings. The lowest BCUT2D eigenvalue weighted by atomic mass is 10.1. The van der Waals surface area contributed by atoms with E-state index in [2.05, 4.69) is 11.9 Å². The van der Waals surface area contributed by atoms with Crippen LogP contribution < -0.4 is 4.74 Å². The van der Waals surface area contributed by atoms with Crippen LogP contribution in [0.25, 0.3) is 0 Å². The molecule has 2 rings (SSSR count). The second-order valence-corrected chi connectivity index (χ2v) is 4.29. The molecule has 0 fully saturated rings. The van der Waals surface area contributed by atoms with Gasteiger partial charge in [0.1, 0.15) is 5.75 Å². The molecule has 0 aliphatic rings. The molecule has 0 bridgehead atoms. The Balaban J connectivity index is 2.18. The van der Waals surface area contributed by atoms with Crippen molar-refractivity contribution in [2.24, 2.45) is 0 Å². The Morgan fingerprint density at radius 2 is 1.89 bits per heavy atom. The molecule has 1 aromatic heterocycles. The molecule has 1 aromatic carbocycles. The molecule has 18 heavy (non-hydrogen) atoms. The number of carbonyl (C=O) groups excluding carboxylic acids is 1. The summed E-state index contributed by atoms with van der Waals surface area (Å²) >= 11 is 0. The Labute approximate surface area is 106 Å². The first kappa shape index (κ1) is 12.3. The number of hydrogen-bond acceptors (Lipinski definition) is 3. The third-order valence-electron chi connectivity index (χ3n) is 2.84. The molecule has 1 heterocycles. The minimum atomic E-state index is 0.000213. The first-order chi connectivity index (χ1) is 8.56. The molecule has 0 spiro atoms. The molecule has 0 aliphatic heterocycles. The van der Waals surface area contributed by atoms with Crippen molar-refractivity contribution in [2.75, 3.05) is 0 Å². The summed E-state index contributed by atoms with van der Waals surface area (Å²) in [5, 5.41) is 0. The number of ketones is 1. The van der Waals surface area contributed by atoms with Gasteiger partial charge in [-0.1, -0.05) is 6.07 Å². The molecule has 0 N–H and O–H groups in total. The maximum absolute atomic E-state index is 11.1. The van der Waals surface area contributed by atoms with Crippen LogP contribution in [0.2, 0.25) is 0 Å². The van der Waals surface area contributed by atoms with Crippen LogP contribution in [0.4, 0.5) is 0 Å². The largest absolute Gasteiger partial charge is 0.439 e. The van der Waals surface area contributed by atoms with Crippen molar-refractivity contribution in [3.05, 3.63) is 53.2 Å². The van der Waals surface area contributed by atoms with Crippen molar-refractivity contribution in [2.45, 2.75) is 20.8 Å². The molecule has 0 atom stereocenters. The van der Waals surface area contributed by atoms with Crippen LogP contribution in [0.5, 0.6) is 11.6 Å². The summed E-state index contributed by atoms with van der Waals surface area (Å²) in [7, 11) is 0. The van der Waals surface area contributed by atoms with Gasteiger partial charge >= 0.3 is 0 Å². The summed E-state index contributed by atoms with van der Waals surface area (Å²) in [4.78, 5) is 15.2. The number of benzene rings is 1. The molecule has 0 radical (unpaired) electrons. The van der Waals surface area contributed by atoms with Crippen molar-refractivity contribution < 1.29 is 9.53 Å². The predicted molar refractivity (Wildman–Crippen MR) is 70.2 cm³/mol. The number of pyridine rings is 1. The number of aryl methyl sites for hydroxylation is 2. The maximum Gasteiger partial charge on any atom is 0.219 e. The standard InChI is InChI=1S/C15H15NO2/c1-10-4-6-14(8-11(10)2)18-15-7-5-13(9-16-15)12(3)17/h4-9H,1-3H3. The van der Waals surface area contributed by atoms with Gasteiger partial charge in [-0.05, 0) is 50.1 Å². The quantitative estimate of drug-likeness (QED) is 0.769. The molecular formula is C15H15NO2. The van der Waals surface area contributed by atoms with E-state index in [1.165, 1.54) is 24.2 Å². The van der Waals surface area contributed by atoms with Crippen molar-refractivity contribution >= 4 is 5.78 Å². The number of nitrogens with zero attached hydrogens (tertiary/aromatic N) is 1. The molecule has 3 nitrogen and oxygen atoms in total.